The largest absolute Gasteiger partial charge is 0.492 e. The van der Waals surface area contributed by atoms with E-state index >= 15 is 0 Å². The first-order valence-corrected chi connectivity index (χ1v) is 7.33. The van der Waals surface area contributed by atoms with Crippen LogP contribution in [0.15, 0.2) is 48.5 Å². The summed E-state index contributed by atoms with van der Waals surface area (Å²) in [7, 11) is 0. The third kappa shape index (κ3) is 3.02. The van der Waals surface area contributed by atoms with Crippen LogP contribution in [-0.2, 0) is 6.42 Å². The van der Waals surface area contributed by atoms with Crippen LogP contribution in [0.3, 0.4) is 0 Å². The second kappa shape index (κ2) is 6.10. The molecule has 1 atom stereocenters. The number of fused-ring (bicyclic) bond motifs is 1. The predicted octanol–water partition coefficient (Wildman–Crippen LogP) is 3.65. The minimum Gasteiger partial charge on any atom is -0.492 e. The molecule has 0 saturated heterocycles. The van der Waals surface area contributed by atoms with Crippen molar-refractivity contribution in [2.45, 2.75) is 25.8 Å². The highest BCUT2D eigenvalue weighted by Gasteiger charge is 2.21. The summed E-state index contributed by atoms with van der Waals surface area (Å²) < 4.78 is 5.72. The van der Waals surface area contributed by atoms with E-state index in [1.807, 2.05) is 30.3 Å². The molecule has 2 aromatic rings. The maximum Gasteiger partial charge on any atom is 0.119 e. The van der Waals surface area contributed by atoms with E-state index in [1.165, 1.54) is 29.5 Å². The first-order chi connectivity index (χ1) is 9.83. The highest BCUT2D eigenvalue weighted by Crippen LogP contribution is 2.31. The van der Waals surface area contributed by atoms with Crippen LogP contribution in [0.2, 0.25) is 0 Å². The molecule has 1 aliphatic rings. The highest BCUT2D eigenvalue weighted by atomic mass is 16.5. The van der Waals surface area contributed by atoms with Crippen LogP contribution < -0.4 is 10.1 Å². The molecule has 1 N–H and O–H groups in total. The molecular formula is C18H21NO. The van der Waals surface area contributed by atoms with E-state index in [0.717, 1.165) is 12.3 Å². The summed E-state index contributed by atoms with van der Waals surface area (Å²) in [6.07, 6.45) is 2.39. The van der Waals surface area contributed by atoms with Gasteiger partial charge in [-0.3, -0.25) is 0 Å². The van der Waals surface area contributed by atoms with E-state index in [0.29, 0.717) is 12.6 Å². The van der Waals surface area contributed by atoms with Crippen molar-refractivity contribution in [3.8, 4) is 5.75 Å². The van der Waals surface area contributed by atoms with Gasteiger partial charge in [0, 0.05) is 12.6 Å². The lowest BCUT2D eigenvalue weighted by Gasteiger charge is -2.15. The summed E-state index contributed by atoms with van der Waals surface area (Å²) in [5.41, 5.74) is 4.32. The maximum atomic E-state index is 5.72. The Bertz CT molecular complexity index is 565. The third-order valence-corrected chi connectivity index (χ3v) is 3.88. The Hall–Kier alpha value is -1.80. The van der Waals surface area contributed by atoms with Crippen molar-refractivity contribution in [3.05, 3.63) is 65.2 Å². The van der Waals surface area contributed by atoms with Crippen molar-refractivity contribution >= 4 is 0 Å². The second-order valence-corrected chi connectivity index (χ2v) is 5.41. The number of hydrogen-bond donors (Lipinski definition) is 1. The number of aryl methyl sites for hydroxylation is 2. The zero-order valence-corrected chi connectivity index (χ0v) is 11.9. The molecule has 2 nitrogen and oxygen atoms in total. The topological polar surface area (TPSA) is 21.3 Å². The molecule has 0 aliphatic heterocycles. The lowest BCUT2D eigenvalue weighted by atomic mass is 10.1. The van der Waals surface area contributed by atoms with Gasteiger partial charge in [-0.05, 0) is 43.0 Å². The van der Waals surface area contributed by atoms with Gasteiger partial charge in [0.15, 0.2) is 0 Å². The Morgan fingerprint density at radius 3 is 2.85 bits per heavy atom. The van der Waals surface area contributed by atoms with Crippen LogP contribution in [0.25, 0.3) is 0 Å². The van der Waals surface area contributed by atoms with E-state index in [-0.39, 0.29) is 0 Å². The summed E-state index contributed by atoms with van der Waals surface area (Å²) in [6.45, 7) is 3.75. The molecule has 104 valence electrons. The lowest BCUT2D eigenvalue weighted by molar-refractivity contribution is 0.305. The molecule has 1 aliphatic carbocycles. The molecule has 0 radical (unpaired) electrons. The van der Waals surface area contributed by atoms with Crippen LogP contribution in [-0.4, -0.2) is 13.2 Å². The van der Waals surface area contributed by atoms with Crippen LogP contribution in [0.5, 0.6) is 5.75 Å². The fourth-order valence-corrected chi connectivity index (χ4v) is 2.85. The monoisotopic (exact) mass is 267 g/mol. The summed E-state index contributed by atoms with van der Waals surface area (Å²) in [5, 5.41) is 3.61. The Kier molecular flexibility index (Phi) is 4.03. The molecule has 0 amide bonds. The smallest absolute Gasteiger partial charge is 0.119 e. The van der Waals surface area contributed by atoms with Gasteiger partial charge >= 0.3 is 0 Å². The number of benzene rings is 2. The van der Waals surface area contributed by atoms with Crippen molar-refractivity contribution < 1.29 is 4.74 Å². The standard InChI is InChI=1S/C18H21NO/c1-14-7-8-15-9-10-18(17(15)13-14)19-11-12-20-16-5-3-2-4-6-16/h2-8,13,18-19H,9-12H2,1H3. The molecule has 0 saturated carbocycles. The summed E-state index contributed by atoms with van der Waals surface area (Å²) in [6, 6.07) is 17.3. The number of nitrogens with one attached hydrogen (secondary N) is 1. The van der Waals surface area contributed by atoms with Crippen molar-refractivity contribution in [3.63, 3.8) is 0 Å². The lowest BCUT2D eigenvalue weighted by Crippen LogP contribution is -2.24. The van der Waals surface area contributed by atoms with Crippen molar-refractivity contribution in [1.82, 2.24) is 5.32 Å². The quantitative estimate of drug-likeness (QED) is 0.835. The molecule has 0 spiro atoms. The SMILES string of the molecule is Cc1ccc2c(c1)C(NCCOc1ccccc1)CC2. The van der Waals surface area contributed by atoms with E-state index in [2.05, 4.69) is 30.4 Å². The van der Waals surface area contributed by atoms with Gasteiger partial charge in [0.2, 0.25) is 0 Å². The molecule has 20 heavy (non-hydrogen) atoms. The average Bonchev–Trinajstić information content (AvgIpc) is 2.87. The zero-order chi connectivity index (χ0) is 13.8. The first kappa shape index (κ1) is 13.2. The van der Waals surface area contributed by atoms with Crippen LogP contribution in [0.1, 0.15) is 29.2 Å². The van der Waals surface area contributed by atoms with Gasteiger partial charge in [0.25, 0.3) is 0 Å². The molecule has 2 heteroatoms. The number of hydrogen-bond acceptors (Lipinski definition) is 2. The van der Waals surface area contributed by atoms with Gasteiger partial charge in [0.1, 0.15) is 12.4 Å². The van der Waals surface area contributed by atoms with Gasteiger partial charge in [-0.2, -0.15) is 0 Å². The van der Waals surface area contributed by atoms with Gasteiger partial charge in [0.05, 0.1) is 0 Å². The van der Waals surface area contributed by atoms with Crippen molar-refractivity contribution in [1.29, 1.82) is 0 Å². The predicted molar refractivity (Wildman–Crippen MR) is 82.2 cm³/mol. The van der Waals surface area contributed by atoms with Gasteiger partial charge in [-0.25, -0.2) is 0 Å². The third-order valence-electron chi connectivity index (χ3n) is 3.88. The fraction of sp³-hybridized carbons (Fsp3) is 0.333. The van der Waals surface area contributed by atoms with E-state index < -0.39 is 0 Å². The molecular weight excluding hydrogens is 246 g/mol. The van der Waals surface area contributed by atoms with Gasteiger partial charge < -0.3 is 10.1 Å². The Morgan fingerprint density at radius 1 is 1.15 bits per heavy atom. The molecule has 3 rings (SSSR count). The van der Waals surface area contributed by atoms with Gasteiger partial charge in [-0.1, -0.05) is 42.0 Å². The normalized spacial score (nSPS) is 16.9. The second-order valence-electron chi connectivity index (χ2n) is 5.41. The van der Waals surface area contributed by atoms with Crippen molar-refractivity contribution in [2.24, 2.45) is 0 Å². The van der Waals surface area contributed by atoms with Crippen LogP contribution in [0.4, 0.5) is 0 Å². The number of rotatable bonds is 5. The molecule has 0 fully saturated rings. The van der Waals surface area contributed by atoms with E-state index in [1.54, 1.807) is 0 Å². The van der Waals surface area contributed by atoms with Crippen molar-refractivity contribution in [2.75, 3.05) is 13.2 Å². The average molecular weight is 267 g/mol. The fourth-order valence-electron chi connectivity index (χ4n) is 2.85. The van der Waals surface area contributed by atoms with E-state index in [4.69, 9.17) is 4.74 Å². The van der Waals surface area contributed by atoms with Crippen LogP contribution >= 0.6 is 0 Å². The Labute approximate surface area is 120 Å². The minimum atomic E-state index is 0.490. The highest BCUT2D eigenvalue weighted by molar-refractivity contribution is 5.37. The zero-order valence-electron chi connectivity index (χ0n) is 11.9. The molecule has 0 aromatic heterocycles. The maximum absolute atomic E-state index is 5.72. The summed E-state index contributed by atoms with van der Waals surface area (Å²) >= 11 is 0. The van der Waals surface area contributed by atoms with Gasteiger partial charge in [-0.15, -0.1) is 0 Å². The molecule has 0 heterocycles. The Morgan fingerprint density at radius 2 is 2.00 bits per heavy atom. The van der Waals surface area contributed by atoms with E-state index in [9.17, 15) is 0 Å². The van der Waals surface area contributed by atoms with Crippen LogP contribution in [0, 0.1) is 6.92 Å². The number of para-hydroxylation sites is 1. The summed E-state index contributed by atoms with van der Waals surface area (Å²) in [5.74, 6) is 0.942. The first-order valence-electron chi connectivity index (χ1n) is 7.33. The molecule has 2 aromatic carbocycles. The minimum absolute atomic E-state index is 0.490. The number of ether oxygens (including phenoxy) is 1. The molecule has 0 bridgehead atoms. The Balaban J connectivity index is 1.50. The summed E-state index contributed by atoms with van der Waals surface area (Å²) in [4.78, 5) is 0. The molecule has 1 unspecified atom stereocenters.